The van der Waals surface area contributed by atoms with Crippen molar-refractivity contribution >= 4 is 5.97 Å². The van der Waals surface area contributed by atoms with E-state index in [9.17, 15) is 4.79 Å². The van der Waals surface area contributed by atoms with Crippen LogP contribution in [0.5, 0.6) is 0 Å². The van der Waals surface area contributed by atoms with Crippen LogP contribution in [0.25, 0.3) is 0 Å². The summed E-state index contributed by atoms with van der Waals surface area (Å²) in [4.78, 5) is 14.6. The van der Waals surface area contributed by atoms with Crippen LogP contribution in [0.2, 0.25) is 0 Å². The summed E-state index contributed by atoms with van der Waals surface area (Å²) in [6.07, 6.45) is 1.39. The van der Waals surface area contributed by atoms with Crippen molar-refractivity contribution in [2.75, 3.05) is 6.61 Å². The van der Waals surface area contributed by atoms with E-state index in [2.05, 4.69) is 4.84 Å². The standard InChI is InChI=1S/C5H9NO3/c6-9-3-5(1-2-5)4(7)8/h1-3,6H2,(H,7,8). The van der Waals surface area contributed by atoms with Crippen molar-refractivity contribution in [3.05, 3.63) is 0 Å². The second-order valence-corrected chi connectivity index (χ2v) is 2.40. The molecule has 1 rings (SSSR count). The van der Waals surface area contributed by atoms with E-state index in [1.807, 2.05) is 0 Å². The topological polar surface area (TPSA) is 72.5 Å². The molecule has 0 radical (unpaired) electrons. The van der Waals surface area contributed by atoms with Crippen LogP contribution in [0, 0.1) is 5.41 Å². The fraction of sp³-hybridized carbons (Fsp3) is 0.800. The lowest BCUT2D eigenvalue weighted by Gasteiger charge is -2.04. The number of nitrogens with two attached hydrogens (primary N) is 1. The molecule has 4 nitrogen and oxygen atoms in total. The monoisotopic (exact) mass is 131 g/mol. The molecule has 0 aromatic heterocycles. The van der Waals surface area contributed by atoms with Crippen molar-refractivity contribution in [2.24, 2.45) is 11.3 Å². The Bertz CT molecular complexity index is 130. The van der Waals surface area contributed by atoms with E-state index in [0.29, 0.717) is 12.8 Å². The van der Waals surface area contributed by atoms with Gasteiger partial charge in [-0.2, -0.15) is 0 Å². The Kier molecular flexibility index (Phi) is 1.42. The minimum absolute atomic E-state index is 0.141. The van der Waals surface area contributed by atoms with Gasteiger partial charge in [0, 0.05) is 0 Å². The molecule has 0 atom stereocenters. The quantitative estimate of drug-likeness (QED) is 0.517. The largest absolute Gasteiger partial charge is 0.481 e. The Hall–Kier alpha value is -0.610. The van der Waals surface area contributed by atoms with Gasteiger partial charge in [-0.25, -0.2) is 5.90 Å². The summed E-state index contributed by atoms with van der Waals surface area (Å²) in [5.74, 6) is 3.93. The lowest BCUT2D eigenvalue weighted by molar-refractivity contribution is -0.145. The van der Waals surface area contributed by atoms with Crippen LogP contribution in [0.15, 0.2) is 0 Å². The molecule has 3 N–H and O–H groups in total. The maximum Gasteiger partial charge on any atom is 0.312 e. The summed E-state index contributed by atoms with van der Waals surface area (Å²) in [6, 6.07) is 0. The van der Waals surface area contributed by atoms with Gasteiger partial charge in [0.25, 0.3) is 0 Å². The molecule has 0 spiro atoms. The van der Waals surface area contributed by atoms with Crippen molar-refractivity contribution < 1.29 is 14.7 Å². The van der Waals surface area contributed by atoms with E-state index >= 15 is 0 Å². The first-order valence-corrected chi connectivity index (χ1v) is 2.76. The summed E-state index contributed by atoms with van der Waals surface area (Å²) < 4.78 is 0. The Labute approximate surface area is 52.6 Å². The smallest absolute Gasteiger partial charge is 0.312 e. The number of aliphatic carboxylic acids is 1. The number of carboxylic acids is 1. The number of hydrogen-bond acceptors (Lipinski definition) is 3. The summed E-state index contributed by atoms with van der Waals surface area (Å²) in [6.45, 7) is 0.141. The molecular weight excluding hydrogens is 122 g/mol. The van der Waals surface area contributed by atoms with Gasteiger partial charge in [-0.3, -0.25) is 4.79 Å². The van der Waals surface area contributed by atoms with E-state index in [0.717, 1.165) is 0 Å². The molecule has 0 bridgehead atoms. The van der Waals surface area contributed by atoms with Gasteiger partial charge in [-0.1, -0.05) is 0 Å². The minimum Gasteiger partial charge on any atom is -0.481 e. The molecule has 1 saturated carbocycles. The van der Waals surface area contributed by atoms with Gasteiger partial charge >= 0.3 is 5.97 Å². The Morgan fingerprint density at radius 3 is 2.44 bits per heavy atom. The zero-order valence-electron chi connectivity index (χ0n) is 4.96. The Balaban J connectivity index is 2.43. The minimum atomic E-state index is -0.798. The molecule has 52 valence electrons. The predicted octanol–water partition coefficient (Wildman–Crippen LogP) is -0.259. The first-order valence-electron chi connectivity index (χ1n) is 2.76. The first-order chi connectivity index (χ1) is 4.21. The van der Waals surface area contributed by atoms with Gasteiger partial charge in [0.2, 0.25) is 0 Å². The Morgan fingerprint density at radius 1 is 1.78 bits per heavy atom. The number of carboxylic acid groups (broad SMARTS) is 1. The van der Waals surface area contributed by atoms with Gasteiger partial charge in [0.05, 0.1) is 12.0 Å². The van der Waals surface area contributed by atoms with Crippen LogP contribution < -0.4 is 5.90 Å². The summed E-state index contributed by atoms with van der Waals surface area (Å²) >= 11 is 0. The van der Waals surface area contributed by atoms with Crippen LogP contribution >= 0.6 is 0 Å². The molecule has 0 aromatic carbocycles. The van der Waals surface area contributed by atoms with Crippen molar-refractivity contribution in [2.45, 2.75) is 12.8 Å². The molecule has 0 amide bonds. The van der Waals surface area contributed by atoms with E-state index in [-0.39, 0.29) is 6.61 Å². The van der Waals surface area contributed by atoms with Crippen molar-refractivity contribution in [3.8, 4) is 0 Å². The van der Waals surface area contributed by atoms with E-state index in [1.54, 1.807) is 0 Å². The zero-order valence-corrected chi connectivity index (χ0v) is 4.96. The van der Waals surface area contributed by atoms with Gasteiger partial charge in [-0.15, -0.1) is 0 Å². The fourth-order valence-electron chi connectivity index (χ4n) is 0.730. The first kappa shape index (κ1) is 6.51. The molecule has 1 fully saturated rings. The number of carbonyl (C=O) groups is 1. The molecular formula is C5H9NO3. The third kappa shape index (κ3) is 1.04. The van der Waals surface area contributed by atoms with Crippen LogP contribution in [-0.2, 0) is 9.63 Å². The van der Waals surface area contributed by atoms with Crippen LogP contribution in [0.3, 0.4) is 0 Å². The van der Waals surface area contributed by atoms with Gasteiger partial charge in [0.1, 0.15) is 0 Å². The van der Waals surface area contributed by atoms with Crippen LogP contribution in [0.4, 0.5) is 0 Å². The van der Waals surface area contributed by atoms with Crippen molar-refractivity contribution in [1.82, 2.24) is 0 Å². The summed E-state index contributed by atoms with van der Waals surface area (Å²) in [7, 11) is 0. The van der Waals surface area contributed by atoms with Gasteiger partial charge in [-0.05, 0) is 12.8 Å². The predicted molar refractivity (Wildman–Crippen MR) is 29.4 cm³/mol. The van der Waals surface area contributed by atoms with Gasteiger partial charge in [0.15, 0.2) is 0 Å². The number of rotatable bonds is 3. The second kappa shape index (κ2) is 1.97. The molecule has 0 aromatic rings. The molecule has 0 aliphatic heterocycles. The average molecular weight is 131 g/mol. The fourth-order valence-corrected chi connectivity index (χ4v) is 0.730. The summed E-state index contributed by atoms with van der Waals surface area (Å²) in [5.41, 5.74) is -0.630. The number of hydrogen-bond donors (Lipinski definition) is 2. The molecule has 9 heavy (non-hydrogen) atoms. The zero-order chi connectivity index (χ0) is 6.91. The highest BCUT2D eigenvalue weighted by atomic mass is 16.6. The SMILES string of the molecule is NOCC1(C(=O)O)CC1. The third-order valence-electron chi connectivity index (χ3n) is 1.67. The van der Waals surface area contributed by atoms with Crippen LogP contribution in [0.1, 0.15) is 12.8 Å². The highest BCUT2D eigenvalue weighted by Gasteiger charge is 2.50. The van der Waals surface area contributed by atoms with Gasteiger partial charge < -0.3 is 9.94 Å². The maximum absolute atomic E-state index is 10.3. The lowest BCUT2D eigenvalue weighted by Crippen LogP contribution is -2.22. The molecule has 4 heteroatoms. The second-order valence-electron chi connectivity index (χ2n) is 2.40. The molecule has 0 saturated heterocycles. The lowest BCUT2D eigenvalue weighted by atomic mass is 10.1. The molecule has 0 unspecified atom stereocenters. The maximum atomic E-state index is 10.3. The highest BCUT2D eigenvalue weighted by molar-refractivity contribution is 5.77. The van der Waals surface area contributed by atoms with E-state index in [4.69, 9.17) is 11.0 Å². The third-order valence-corrected chi connectivity index (χ3v) is 1.67. The molecule has 1 aliphatic rings. The molecule has 1 aliphatic carbocycles. The highest BCUT2D eigenvalue weighted by Crippen LogP contribution is 2.45. The average Bonchev–Trinajstić information content (AvgIpc) is 2.49. The Morgan fingerprint density at radius 2 is 2.33 bits per heavy atom. The normalized spacial score (nSPS) is 21.4. The van der Waals surface area contributed by atoms with Crippen LogP contribution in [-0.4, -0.2) is 17.7 Å². The van der Waals surface area contributed by atoms with Crippen molar-refractivity contribution in [1.29, 1.82) is 0 Å². The van der Waals surface area contributed by atoms with Crippen molar-refractivity contribution in [3.63, 3.8) is 0 Å². The molecule has 0 heterocycles. The van der Waals surface area contributed by atoms with E-state index < -0.39 is 11.4 Å². The van der Waals surface area contributed by atoms with E-state index in [1.165, 1.54) is 0 Å². The summed E-state index contributed by atoms with van der Waals surface area (Å²) in [5, 5.41) is 8.50.